The predicted octanol–water partition coefficient (Wildman–Crippen LogP) is 3.42. The number of thiazole rings is 1. The number of nitrogens with two attached hydrogens (primary N) is 1. The Hall–Kier alpha value is -3.28. The largest absolute Gasteiger partial charge is 0.477 e. The topological polar surface area (TPSA) is 126 Å². The zero-order chi connectivity index (χ0) is 24.5. The van der Waals surface area contributed by atoms with Gasteiger partial charge in [0.2, 0.25) is 5.91 Å². The standard InChI is InChI=1S/C24H20N4O4S3/c25-24-27-17(14-9-5-2-6-10-14)23(35-24)34-15-12-33-21-18(20(30)28(21)19(15)22(31)32)26-16(29)11-13-7-3-1-4-8-13/h1-10,18,21H,11-12H2,(H2,25,27)(H,26,29)(H,31,32)/t18-,21+/m1/s1. The Labute approximate surface area is 213 Å². The minimum absolute atomic E-state index is 0.0525. The number of thioether (sulfide) groups is 2. The number of fused-ring (bicyclic) bond motifs is 1. The van der Waals surface area contributed by atoms with Crippen LogP contribution in [0.4, 0.5) is 5.13 Å². The Kier molecular flexibility index (Phi) is 6.54. The van der Waals surface area contributed by atoms with E-state index < -0.39 is 23.3 Å². The Balaban J connectivity index is 1.36. The van der Waals surface area contributed by atoms with Gasteiger partial charge in [-0.2, -0.15) is 0 Å². The zero-order valence-corrected chi connectivity index (χ0v) is 20.7. The first kappa shape index (κ1) is 23.5. The number of nitrogens with one attached hydrogen (secondary N) is 1. The lowest BCUT2D eigenvalue weighted by molar-refractivity contribution is -0.150. The van der Waals surface area contributed by atoms with Crippen LogP contribution in [0.15, 0.2) is 75.5 Å². The van der Waals surface area contributed by atoms with Crippen molar-refractivity contribution in [1.82, 2.24) is 15.2 Å². The van der Waals surface area contributed by atoms with Gasteiger partial charge in [0.15, 0.2) is 5.13 Å². The van der Waals surface area contributed by atoms with Crippen LogP contribution in [0.25, 0.3) is 11.3 Å². The lowest BCUT2D eigenvalue weighted by Gasteiger charge is -2.49. The number of benzene rings is 2. The highest BCUT2D eigenvalue weighted by molar-refractivity contribution is 8.07. The summed E-state index contributed by atoms with van der Waals surface area (Å²) >= 11 is 3.99. The molecule has 0 unspecified atom stereocenters. The van der Waals surface area contributed by atoms with Crippen molar-refractivity contribution in [3.8, 4) is 11.3 Å². The molecule has 8 nitrogen and oxygen atoms in total. The monoisotopic (exact) mass is 524 g/mol. The van der Waals surface area contributed by atoms with Gasteiger partial charge < -0.3 is 16.2 Å². The van der Waals surface area contributed by atoms with Crippen LogP contribution in [0.5, 0.6) is 0 Å². The third kappa shape index (κ3) is 4.66. The summed E-state index contributed by atoms with van der Waals surface area (Å²) in [6.07, 6.45) is 0.153. The normalized spacial score (nSPS) is 19.2. The molecule has 0 radical (unpaired) electrons. The molecule has 2 aliphatic heterocycles. The van der Waals surface area contributed by atoms with E-state index in [1.54, 1.807) is 0 Å². The Bertz CT molecular complexity index is 1330. The highest BCUT2D eigenvalue weighted by Gasteiger charge is 2.54. The molecule has 2 amide bonds. The summed E-state index contributed by atoms with van der Waals surface area (Å²) < 4.78 is 0.766. The van der Waals surface area contributed by atoms with Gasteiger partial charge in [-0.15, -0.1) is 11.8 Å². The minimum atomic E-state index is -1.18. The fourth-order valence-corrected chi connectivity index (χ4v) is 7.67. The summed E-state index contributed by atoms with van der Waals surface area (Å²) in [7, 11) is 0. The molecule has 0 saturated carbocycles. The van der Waals surface area contributed by atoms with Gasteiger partial charge in [0.05, 0.1) is 16.3 Å². The lowest BCUT2D eigenvalue weighted by Crippen LogP contribution is -2.70. The number of hydrogen-bond donors (Lipinski definition) is 3. The molecule has 2 aliphatic rings. The number of amides is 2. The quantitative estimate of drug-likeness (QED) is 0.402. The number of anilines is 1. The van der Waals surface area contributed by atoms with Crippen LogP contribution in [0.2, 0.25) is 0 Å². The molecule has 4 N–H and O–H groups in total. The van der Waals surface area contributed by atoms with Crippen molar-refractivity contribution in [3.63, 3.8) is 0 Å². The molecule has 35 heavy (non-hydrogen) atoms. The van der Waals surface area contributed by atoms with Crippen molar-refractivity contribution in [2.24, 2.45) is 0 Å². The number of nitrogens with zero attached hydrogens (tertiary/aromatic N) is 2. The fraction of sp³-hybridized carbons (Fsp3) is 0.167. The molecule has 11 heteroatoms. The van der Waals surface area contributed by atoms with Crippen LogP contribution in [0.1, 0.15) is 5.56 Å². The Morgan fingerprint density at radius 1 is 1.14 bits per heavy atom. The summed E-state index contributed by atoms with van der Waals surface area (Å²) in [4.78, 5) is 43.9. The molecular formula is C24H20N4O4S3. The van der Waals surface area contributed by atoms with Crippen molar-refractivity contribution in [2.75, 3.05) is 11.5 Å². The maximum Gasteiger partial charge on any atom is 0.353 e. The predicted molar refractivity (Wildman–Crippen MR) is 138 cm³/mol. The summed E-state index contributed by atoms with van der Waals surface area (Å²) in [6, 6.07) is 18.0. The van der Waals surface area contributed by atoms with Crippen molar-refractivity contribution >= 4 is 57.8 Å². The molecular weight excluding hydrogens is 504 g/mol. The van der Waals surface area contributed by atoms with Crippen molar-refractivity contribution in [3.05, 3.63) is 76.8 Å². The smallest absolute Gasteiger partial charge is 0.353 e. The highest BCUT2D eigenvalue weighted by Crippen LogP contribution is 2.48. The molecule has 5 rings (SSSR count). The first-order chi connectivity index (χ1) is 16.9. The molecule has 3 heterocycles. The third-order valence-electron chi connectivity index (χ3n) is 5.54. The number of carboxylic acid groups (broad SMARTS) is 1. The van der Waals surface area contributed by atoms with Gasteiger partial charge >= 0.3 is 5.97 Å². The lowest BCUT2D eigenvalue weighted by atomic mass is 10.0. The summed E-state index contributed by atoms with van der Waals surface area (Å²) in [6.45, 7) is 0. The molecule has 0 spiro atoms. The molecule has 0 aliphatic carbocycles. The number of carbonyl (C=O) groups is 3. The number of aromatic nitrogens is 1. The van der Waals surface area contributed by atoms with Gasteiger partial charge in [-0.1, -0.05) is 83.8 Å². The Morgan fingerprint density at radius 2 is 1.83 bits per heavy atom. The van der Waals surface area contributed by atoms with Crippen LogP contribution in [-0.4, -0.2) is 49.9 Å². The van der Waals surface area contributed by atoms with Gasteiger partial charge in [0.1, 0.15) is 17.1 Å². The van der Waals surface area contributed by atoms with E-state index in [9.17, 15) is 19.5 Å². The fourth-order valence-electron chi connectivity index (χ4n) is 3.96. The summed E-state index contributed by atoms with van der Waals surface area (Å²) in [5.74, 6) is -1.49. The average Bonchev–Trinajstić information content (AvgIpc) is 3.23. The summed E-state index contributed by atoms with van der Waals surface area (Å²) in [5, 5.41) is 12.7. The van der Waals surface area contributed by atoms with Crippen LogP contribution < -0.4 is 11.1 Å². The van der Waals surface area contributed by atoms with Gasteiger partial charge in [-0.3, -0.25) is 14.5 Å². The molecule has 2 aromatic carbocycles. The number of carbonyl (C=O) groups excluding carboxylic acids is 2. The molecule has 1 aromatic heterocycles. The van der Waals surface area contributed by atoms with E-state index in [1.165, 1.54) is 39.8 Å². The zero-order valence-electron chi connectivity index (χ0n) is 18.2. The SMILES string of the molecule is Nc1nc(-c2ccccc2)c(SC2=C(C(=O)O)N3C(=O)[C@@H](NC(=O)Cc4ccccc4)[C@@H]3SC2)s1. The molecule has 1 saturated heterocycles. The third-order valence-corrected chi connectivity index (χ3v) is 9.14. The van der Waals surface area contributed by atoms with Crippen LogP contribution in [-0.2, 0) is 20.8 Å². The molecule has 0 bridgehead atoms. The van der Waals surface area contributed by atoms with E-state index in [1.807, 2.05) is 60.7 Å². The molecule has 3 aromatic rings. The van der Waals surface area contributed by atoms with Gasteiger partial charge in [0.25, 0.3) is 5.91 Å². The second-order valence-electron chi connectivity index (χ2n) is 7.85. The molecule has 178 valence electrons. The van der Waals surface area contributed by atoms with E-state index in [4.69, 9.17) is 5.73 Å². The average molecular weight is 525 g/mol. The van der Waals surface area contributed by atoms with Gasteiger partial charge in [0, 0.05) is 16.2 Å². The van der Waals surface area contributed by atoms with Crippen LogP contribution in [0.3, 0.4) is 0 Å². The maximum absolute atomic E-state index is 13.0. The van der Waals surface area contributed by atoms with Crippen molar-refractivity contribution in [1.29, 1.82) is 0 Å². The van der Waals surface area contributed by atoms with E-state index in [-0.39, 0.29) is 18.0 Å². The first-order valence-corrected chi connectivity index (χ1v) is 13.3. The Morgan fingerprint density at radius 3 is 2.51 bits per heavy atom. The number of rotatable bonds is 7. The number of hydrogen-bond acceptors (Lipinski definition) is 8. The van der Waals surface area contributed by atoms with E-state index >= 15 is 0 Å². The number of β-lactam (4-membered cyclic amide) rings is 1. The number of carboxylic acids is 1. The molecule has 1 fully saturated rings. The van der Waals surface area contributed by atoms with E-state index in [0.717, 1.165) is 15.3 Å². The van der Waals surface area contributed by atoms with E-state index in [0.29, 0.717) is 21.5 Å². The van der Waals surface area contributed by atoms with Crippen LogP contribution in [0, 0.1) is 0 Å². The van der Waals surface area contributed by atoms with Gasteiger partial charge in [-0.05, 0) is 5.56 Å². The molecule has 2 atom stereocenters. The first-order valence-electron chi connectivity index (χ1n) is 10.7. The van der Waals surface area contributed by atoms with Crippen molar-refractivity contribution in [2.45, 2.75) is 22.0 Å². The minimum Gasteiger partial charge on any atom is -0.477 e. The van der Waals surface area contributed by atoms with Crippen LogP contribution >= 0.6 is 34.9 Å². The second kappa shape index (κ2) is 9.76. The van der Waals surface area contributed by atoms with Gasteiger partial charge in [-0.25, -0.2) is 9.78 Å². The number of aliphatic carboxylic acids is 1. The second-order valence-corrected chi connectivity index (χ2v) is 11.3. The summed E-state index contributed by atoms with van der Waals surface area (Å²) in [5.41, 5.74) is 8.32. The highest BCUT2D eigenvalue weighted by atomic mass is 32.2. The van der Waals surface area contributed by atoms with Crippen molar-refractivity contribution < 1.29 is 19.5 Å². The maximum atomic E-state index is 13.0. The number of nitrogen functional groups attached to an aromatic ring is 1. The van der Waals surface area contributed by atoms with E-state index in [2.05, 4.69) is 10.3 Å².